The number of nitrogens with zero attached hydrogens (tertiary/aromatic N) is 1. The van der Waals surface area contributed by atoms with E-state index in [0.717, 1.165) is 42.4 Å². The summed E-state index contributed by atoms with van der Waals surface area (Å²) in [6, 6.07) is 5.23. The number of thioether (sulfide) groups is 1. The van der Waals surface area contributed by atoms with Gasteiger partial charge in [0.2, 0.25) is 5.91 Å². The minimum Gasteiger partial charge on any atom is -0.618 e. The van der Waals surface area contributed by atoms with E-state index in [-0.39, 0.29) is 21.9 Å². The third-order valence-electron chi connectivity index (χ3n) is 5.91. The molecule has 2 atom stereocenters. The first-order chi connectivity index (χ1) is 11.5. The molecule has 4 fully saturated rings. The highest BCUT2D eigenvalue weighted by molar-refractivity contribution is 7.99. The third kappa shape index (κ3) is 3.25. The number of aromatic nitrogens is 1. The molecule has 4 nitrogen and oxygen atoms in total. The van der Waals surface area contributed by atoms with Crippen molar-refractivity contribution in [2.45, 2.75) is 48.4 Å². The number of rotatable bonds is 5. The van der Waals surface area contributed by atoms with Crippen molar-refractivity contribution in [1.29, 1.82) is 0 Å². The van der Waals surface area contributed by atoms with Crippen LogP contribution in [0.1, 0.15) is 38.5 Å². The van der Waals surface area contributed by atoms with Gasteiger partial charge >= 0.3 is 0 Å². The Morgan fingerprint density at radius 3 is 2.75 bits per heavy atom. The van der Waals surface area contributed by atoms with Gasteiger partial charge in [-0.25, -0.2) is 0 Å². The summed E-state index contributed by atoms with van der Waals surface area (Å²) in [5.41, 5.74) is 0.206. The normalized spacial score (nSPS) is 36.7. The first-order valence-corrected chi connectivity index (χ1v) is 10.1. The minimum atomic E-state index is -0.0122. The van der Waals surface area contributed by atoms with Gasteiger partial charge in [-0.2, -0.15) is 4.73 Å². The van der Waals surface area contributed by atoms with Gasteiger partial charge < -0.3 is 10.5 Å². The van der Waals surface area contributed by atoms with Crippen LogP contribution in [0.4, 0.5) is 0 Å². The number of amides is 1. The lowest BCUT2D eigenvalue weighted by atomic mass is 9.49. The first kappa shape index (κ1) is 16.5. The van der Waals surface area contributed by atoms with Crippen LogP contribution < -0.4 is 10.0 Å². The fourth-order valence-electron chi connectivity index (χ4n) is 5.54. The average molecular weight is 367 g/mol. The van der Waals surface area contributed by atoms with Gasteiger partial charge in [0.05, 0.1) is 5.75 Å². The van der Waals surface area contributed by atoms with E-state index in [9.17, 15) is 10.0 Å². The summed E-state index contributed by atoms with van der Waals surface area (Å²) in [4.78, 5) is 12.2. The standard InChI is InChI=1S/C18H23ClN2O2S/c19-18-8-13-5-14(9-18)7-17(6-13,11-18)12-20-15(22)10-24-16-3-1-2-4-21(16)23/h1-4,13-14H,5-12H2,(H,20,22). The molecule has 1 aromatic heterocycles. The van der Waals surface area contributed by atoms with Gasteiger partial charge in [0, 0.05) is 23.6 Å². The Morgan fingerprint density at radius 2 is 2.08 bits per heavy atom. The van der Waals surface area contributed by atoms with Crippen LogP contribution in [0.25, 0.3) is 0 Å². The maximum atomic E-state index is 12.2. The van der Waals surface area contributed by atoms with Gasteiger partial charge in [0.15, 0.2) is 6.20 Å². The molecule has 0 saturated heterocycles. The molecular formula is C18H23ClN2O2S. The molecule has 1 amide bonds. The van der Waals surface area contributed by atoms with E-state index in [0.29, 0.717) is 5.03 Å². The molecule has 130 valence electrons. The first-order valence-electron chi connectivity index (χ1n) is 8.72. The third-order valence-corrected chi connectivity index (χ3v) is 7.37. The zero-order chi connectivity index (χ0) is 16.8. The van der Waals surface area contributed by atoms with Crippen molar-refractivity contribution >= 4 is 29.3 Å². The number of hydrogen-bond donors (Lipinski definition) is 1. The molecule has 0 radical (unpaired) electrons. The quantitative estimate of drug-likeness (QED) is 0.377. The number of alkyl halides is 1. The number of halogens is 1. The van der Waals surface area contributed by atoms with Crippen molar-refractivity contribution < 1.29 is 9.52 Å². The van der Waals surface area contributed by atoms with Gasteiger partial charge in [0.25, 0.3) is 5.03 Å². The Kier molecular flexibility index (Phi) is 4.20. The number of nitrogens with one attached hydrogen (secondary N) is 1. The molecule has 24 heavy (non-hydrogen) atoms. The number of carbonyl (C=O) groups is 1. The second kappa shape index (κ2) is 6.10. The second-order valence-electron chi connectivity index (χ2n) is 8.04. The minimum absolute atomic E-state index is 0.00298. The summed E-state index contributed by atoms with van der Waals surface area (Å²) >= 11 is 8.12. The molecule has 5 rings (SSSR count). The van der Waals surface area contributed by atoms with Gasteiger partial charge in [0.1, 0.15) is 0 Å². The lowest BCUT2D eigenvalue weighted by molar-refractivity contribution is -0.645. The van der Waals surface area contributed by atoms with E-state index in [1.807, 2.05) is 6.07 Å². The second-order valence-corrected chi connectivity index (χ2v) is 9.84. The maximum Gasteiger partial charge on any atom is 0.251 e. The van der Waals surface area contributed by atoms with Crippen molar-refractivity contribution in [2.24, 2.45) is 17.3 Å². The molecule has 0 spiro atoms. The van der Waals surface area contributed by atoms with Gasteiger partial charge in [-0.15, -0.1) is 11.6 Å². The average Bonchev–Trinajstić information content (AvgIpc) is 2.50. The zero-order valence-corrected chi connectivity index (χ0v) is 15.2. The SMILES string of the molecule is O=C(CSc1cccc[n+]1[O-])NCC12CC3CC(CC(Cl)(C3)C1)C2. The summed E-state index contributed by atoms with van der Waals surface area (Å²) in [6.45, 7) is 0.736. The molecule has 6 heteroatoms. The van der Waals surface area contributed by atoms with E-state index in [2.05, 4.69) is 5.32 Å². The fourth-order valence-corrected chi connectivity index (χ4v) is 7.01. The van der Waals surface area contributed by atoms with Crippen molar-refractivity contribution in [2.75, 3.05) is 12.3 Å². The number of hydrogen-bond acceptors (Lipinski definition) is 3. The maximum absolute atomic E-state index is 12.2. The zero-order valence-electron chi connectivity index (χ0n) is 13.7. The van der Waals surface area contributed by atoms with Crippen LogP contribution in [0, 0.1) is 22.5 Å². The Balaban J connectivity index is 1.32. The fraction of sp³-hybridized carbons (Fsp3) is 0.667. The van der Waals surface area contributed by atoms with Crippen molar-refractivity contribution in [3.8, 4) is 0 Å². The van der Waals surface area contributed by atoms with Crippen LogP contribution in [0.3, 0.4) is 0 Å². The van der Waals surface area contributed by atoms with Crippen LogP contribution >= 0.6 is 23.4 Å². The molecule has 0 aromatic carbocycles. The summed E-state index contributed by atoms with van der Waals surface area (Å²) < 4.78 is 0.800. The number of pyridine rings is 1. The van der Waals surface area contributed by atoms with Crippen LogP contribution in [0.2, 0.25) is 0 Å². The Bertz CT molecular complexity index is 640. The Morgan fingerprint density at radius 1 is 1.33 bits per heavy atom. The Labute approximate surface area is 151 Å². The summed E-state index contributed by atoms with van der Waals surface area (Å²) in [5.74, 6) is 1.78. The van der Waals surface area contributed by atoms with Gasteiger partial charge in [-0.1, -0.05) is 0 Å². The highest BCUT2D eigenvalue weighted by atomic mass is 35.5. The summed E-state index contributed by atoms with van der Waals surface area (Å²) in [7, 11) is 0. The van der Waals surface area contributed by atoms with Crippen LogP contribution in [-0.4, -0.2) is 23.1 Å². The van der Waals surface area contributed by atoms with Crippen LogP contribution in [-0.2, 0) is 4.79 Å². The van der Waals surface area contributed by atoms with Gasteiger partial charge in [-0.3, -0.25) is 4.79 Å². The molecule has 1 aromatic rings. The smallest absolute Gasteiger partial charge is 0.251 e. The van der Waals surface area contributed by atoms with E-state index in [1.54, 1.807) is 12.1 Å². The highest BCUT2D eigenvalue weighted by Crippen LogP contribution is 2.63. The molecule has 4 aliphatic rings. The predicted molar refractivity (Wildman–Crippen MR) is 94.8 cm³/mol. The van der Waals surface area contributed by atoms with Crippen molar-refractivity contribution in [3.63, 3.8) is 0 Å². The van der Waals surface area contributed by atoms with E-state index in [1.165, 1.54) is 37.2 Å². The largest absolute Gasteiger partial charge is 0.618 e. The molecule has 0 aliphatic heterocycles. The number of carbonyl (C=O) groups excluding carboxylic acids is 1. The Hall–Kier alpha value is -0.940. The summed E-state index contributed by atoms with van der Waals surface area (Å²) in [6.07, 6.45) is 8.58. The van der Waals surface area contributed by atoms with Crippen LogP contribution in [0.5, 0.6) is 0 Å². The summed E-state index contributed by atoms with van der Waals surface area (Å²) in [5, 5.41) is 15.3. The topological polar surface area (TPSA) is 56.0 Å². The highest BCUT2D eigenvalue weighted by Gasteiger charge is 2.56. The molecule has 4 aliphatic carbocycles. The van der Waals surface area contributed by atoms with Gasteiger partial charge in [-0.05, 0) is 73.6 Å². The molecule has 2 unspecified atom stereocenters. The molecule has 1 heterocycles. The van der Waals surface area contributed by atoms with Crippen molar-refractivity contribution in [1.82, 2.24) is 5.32 Å². The van der Waals surface area contributed by atoms with E-state index >= 15 is 0 Å². The van der Waals surface area contributed by atoms with Crippen molar-refractivity contribution in [3.05, 3.63) is 29.6 Å². The van der Waals surface area contributed by atoms with E-state index in [4.69, 9.17) is 11.6 Å². The molecular weight excluding hydrogens is 344 g/mol. The van der Waals surface area contributed by atoms with Crippen LogP contribution in [0.15, 0.2) is 29.4 Å². The predicted octanol–water partition coefficient (Wildman–Crippen LogP) is 3.11. The molecule has 4 saturated carbocycles. The molecule has 1 N–H and O–H groups in total. The monoisotopic (exact) mass is 366 g/mol. The lowest BCUT2D eigenvalue weighted by Crippen LogP contribution is -2.56. The van der Waals surface area contributed by atoms with E-state index < -0.39 is 0 Å². The molecule has 4 bridgehead atoms. The lowest BCUT2D eigenvalue weighted by Gasteiger charge is -2.60.